The second-order valence-electron chi connectivity index (χ2n) is 6.37. The van der Waals surface area contributed by atoms with Gasteiger partial charge in [-0.1, -0.05) is 0 Å². The molecule has 0 amide bonds. The van der Waals surface area contributed by atoms with Gasteiger partial charge in [0.15, 0.2) is 17.4 Å². The van der Waals surface area contributed by atoms with Gasteiger partial charge in [-0.05, 0) is 57.2 Å². The molecule has 2 rings (SSSR count). The fraction of sp³-hybridized carbons (Fsp3) is 0.500. The van der Waals surface area contributed by atoms with Gasteiger partial charge < -0.3 is 14.6 Å². The second-order valence-corrected chi connectivity index (χ2v) is 7.39. The first-order valence-corrected chi connectivity index (χ1v) is 8.76. The minimum atomic E-state index is -1.15. The van der Waals surface area contributed by atoms with Gasteiger partial charge in [-0.15, -0.1) is 0 Å². The fourth-order valence-electron chi connectivity index (χ4n) is 2.29. The lowest BCUT2D eigenvalue weighted by Crippen LogP contribution is -2.30. The van der Waals surface area contributed by atoms with Gasteiger partial charge in [0.1, 0.15) is 3.70 Å². The van der Waals surface area contributed by atoms with Crippen LogP contribution in [-0.2, 0) is 14.3 Å². The van der Waals surface area contributed by atoms with Crippen LogP contribution in [0.4, 0.5) is 0 Å². The maximum absolute atomic E-state index is 12.5. The molecule has 0 aromatic carbocycles. The summed E-state index contributed by atoms with van der Waals surface area (Å²) >= 11 is 2.01. The summed E-state index contributed by atoms with van der Waals surface area (Å²) in [6, 6.07) is 1.38. The second kappa shape index (κ2) is 7.24. The monoisotopic (exact) mass is 461 g/mol. The van der Waals surface area contributed by atoms with E-state index in [1.165, 1.54) is 10.6 Å². The number of aromatic nitrogens is 3. The average molecular weight is 461 g/mol. The number of carboxylic acids is 1. The molecule has 2 heterocycles. The summed E-state index contributed by atoms with van der Waals surface area (Å²) in [5, 5.41) is 13.2. The molecule has 0 aliphatic carbocycles. The number of aryl methyl sites for hydroxylation is 1. The number of hydrogen-bond donors (Lipinski definition) is 1. The standard InChI is InChI=1S/C16H20IN3O5/c1-6-24-15(23)12(25-16(3,4)5)11-8(2)18-10-7-9(14(21)22)19-20(10)13(11)17/h7,12H,6H2,1-5H3,(H,21,22). The third-order valence-corrected chi connectivity index (χ3v) is 4.26. The van der Waals surface area contributed by atoms with Crippen LogP contribution in [0.2, 0.25) is 0 Å². The minimum Gasteiger partial charge on any atom is -0.476 e. The van der Waals surface area contributed by atoms with E-state index in [9.17, 15) is 9.59 Å². The average Bonchev–Trinajstić information content (AvgIpc) is 2.89. The van der Waals surface area contributed by atoms with E-state index in [-0.39, 0.29) is 12.3 Å². The van der Waals surface area contributed by atoms with Crippen LogP contribution in [0, 0.1) is 10.6 Å². The molecule has 1 N–H and O–H groups in total. The number of halogens is 1. The molecule has 0 saturated heterocycles. The molecule has 2 aromatic rings. The Morgan fingerprint density at radius 3 is 2.56 bits per heavy atom. The Bertz CT molecular complexity index is 825. The Morgan fingerprint density at radius 2 is 2.04 bits per heavy atom. The van der Waals surface area contributed by atoms with Gasteiger partial charge >= 0.3 is 11.9 Å². The quantitative estimate of drug-likeness (QED) is 0.415. The molecule has 9 heteroatoms. The summed E-state index contributed by atoms with van der Waals surface area (Å²) < 4.78 is 13.0. The van der Waals surface area contributed by atoms with Crippen molar-refractivity contribution in [3.63, 3.8) is 0 Å². The largest absolute Gasteiger partial charge is 0.476 e. The van der Waals surface area contributed by atoms with Gasteiger partial charge in [0.2, 0.25) is 0 Å². The van der Waals surface area contributed by atoms with Crippen LogP contribution < -0.4 is 0 Å². The molecular formula is C16H20IN3O5. The lowest BCUT2D eigenvalue weighted by atomic mass is 10.1. The number of esters is 1. The predicted molar refractivity (Wildman–Crippen MR) is 97.6 cm³/mol. The van der Waals surface area contributed by atoms with Crippen molar-refractivity contribution >= 4 is 40.2 Å². The lowest BCUT2D eigenvalue weighted by molar-refractivity contribution is -0.167. The van der Waals surface area contributed by atoms with Crippen molar-refractivity contribution in [2.45, 2.75) is 46.3 Å². The molecule has 2 aromatic heterocycles. The number of fused-ring (bicyclic) bond motifs is 1. The molecule has 0 fully saturated rings. The van der Waals surface area contributed by atoms with Crippen molar-refractivity contribution in [1.29, 1.82) is 0 Å². The van der Waals surface area contributed by atoms with E-state index in [1.54, 1.807) is 13.8 Å². The van der Waals surface area contributed by atoms with Gasteiger partial charge in [0.05, 0.1) is 12.2 Å². The van der Waals surface area contributed by atoms with Gasteiger partial charge in [-0.2, -0.15) is 5.10 Å². The molecule has 8 nitrogen and oxygen atoms in total. The fourth-order valence-corrected chi connectivity index (χ4v) is 3.32. The van der Waals surface area contributed by atoms with E-state index >= 15 is 0 Å². The van der Waals surface area contributed by atoms with E-state index in [4.69, 9.17) is 14.6 Å². The smallest absolute Gasteiger partial charge is 0.356 e. The maximum atomic E-state index is 12.5. The Kier molecular flexibility index (Phi) is 5.67. The molecule has 25 heavy (non-hydrogen) atoms. The highest BCUT2D eigenvalue weighted by Crippen LogP contribution is 2.31. The van der Waals surface area contributed by atoms with Crippen LogP contribution in [0.1, 0.15) is 55.5 Å². The number of carboxylic acid groups (broad SMARTS) is 1. The molecule has 1 atom stereocenters. The van der Waals surface area contributed by atoms with E-state index in [0.717, 1.165) is 0 Å². The van der Waals surface area contributed by atoms with E-state index in [0.29, 0.717) is 20.6 Å². The molecule has 0 bridgehead atoms. The van der Waals surface area contributed by atoms with E-state index < -0.39 is 23.6 Å². The highest BCUT2D eigenvalue weighted by atomic mass is 127. The molecular weight excluding hydrogens is 441 g/mol. The Balaban J connectivity index is 2.65. The third-order valence-electron chi connectivity index (χ3n) is 3.22. The SMILES string of the molecule is CCOC(=O)C(OC(C)(C)C)c1c(C)nc2cc(C(=O)O)nn2c1I. The zero-order valence-electron chi connectivity index (χ0n) is 14.7. The summed E-state index contributed by atoms with van der Waals surface area (Å²) in [7, 11) is 0. The van der Waals surface area contributed by atoms with Crippen molar-refractivity contribution in [1.82, 2.24) is 14.6 Å². The number of aromatic carboxylic acids is 1. The number of hydrogen-bond acceptors (Lipinski definition) is 6. The van der Waals surface area contributed by atoms with Crippen LogP contribution in [0.15, 0.2) is 6.07 Å². The van der Waals surface area contributed by atoms with Gasteiger partial charge in [0.25, 0.3) is 0 Å². The normalized spacial score (nSPS) is 13.0. The first-order valence-electron chi connectivity index (χ1n) is 7.68. The molecule has 1 unspecified atom stereocenters. The number of rotatable bonds is 5. The van der Waals surface area contributed by atoms with Crippen molar-refractivity contribution < 1.29 is 24.2 Å². The van der Waals surface area contributed by atoms with Crippen molar-refractivity contribution in [3.8, 4) is 0 Å². The summed E-state index contributed by atoms with van der Waals surface area (Å²) in [6.07, 6.45) is -0.985. The molecule has 0 radical (unpaired) electrons. The zero-order chi connectivity index (χ0) is 18.9. The highest BCUT2D eigenvalue weighted by Gasteiger charge is 2.33. The van der Waals surface area contributed by atoms with Gasteiger partial charge in [-0.25, -0.2) is 19.1 Å². The Morgan fingerprint density at radius 1 is 1.40 bits per heavy atom. The molecule has 0 saturated carbocycles. The summed E-state index contributed by atoms with van der Waals surface area (Å²) in [6.45, 7) is 9.19. The number of ether oxygens (including phenoxy) is 2. The van der Waals surface area contributed by atoms with Crippen molar-refractivity contribution in [3.05, 3.63) is 26.7 Å². The predicted octanol–water partition coefficient (Wildman–Crippen LogP) is 2.76. The number of nitrogens with zero attached hydrogens (tertiary/aromatic N) is 3. The maximum Gasteiger partial charge on any atom is 0.356 e. The first kappa shape index (κ1) is 19.6. The zero-order valence-corrected chi connectivity index (χ0v) is 16.8. The van der Waals surface area contributed by atoms with E-state index in [2.05, 4.69) is 10.1 Å². The van der Waals surface area contributed by atoms with Crippen LogP contribution in [0.5, 0.6) is 0 Å². The first-order chi connectivity index (χ1) is 11.5. The van der Waals surface area contributed by atoms with Crippen LogP contribution in [-0.4, -0.2) is 43.9 Å². The Labute approximate surface area is 158 Å². The highest BCUT2D eigenvalue weighted by molar-refractivity contribution is 14.1. The lowest BCUT2D eigenvalue weighted by Gasteiger charge is -2.27. The van der Waals surface area contributed by atoms with Crippen LogP contribution in [0.25, 0.3) is 5.65 Å². The van der Waals surface area contributed by atoms with Gasteiger partial charge in [-0.3, -0.25) is 0 Å². The topological polar surface area (TPSA) is 103 Å². The summed E-state index contributed by atoms with van der Waals surface area (Å²) in [5.41, 5.74) is 0.739. The third kappa shape index (κ3) is 4.27. The van der Waals surface area contributed by atoms with Crippen LogP contribution in [0.3, 0.4) is 0 Å². The van der Waals surface area contributed by atoms with E-state index in [1.807, 2.05) is 43.4 Å². The molecule has 0 spiro atoms. The molecule has 0 aliphatic rings. The summed E-state index contributed by atoms with van der Waals surface area (Å²) in [4.78, 5) is 28.0. The van der Waals surface area contributed by atoms with Crippen molar-refractivity contribution in [2.24, 2.45) is 0 Å². The summed E-state index contributed by atoms with van der Waals surface area (Å²) in [5.74, 6) is -1.67. The number of carbonyl (C=O) groups is 2. The van der Waals surface area contributed by atoms with Crippen molar-refractivity contribution in [2.75, 3.05) is 6.61 Å². The minimum absolute atomic E-state index is 0.119. The number of carbonyl (C=O) groups excluding carboxylic acids is 1. The molecule has 0 aliphatic heterocycles. The van der Waals surface area contributed by atoms with Gasteiger partial charge in [0, 0.05) is 17.3 Å². The van der Waals surface area contributed by atoms with Crippen LogP contribution >= 0.6 is 22.6 Å². The molecule has 136 valence electrons. The Hall–Kier alpha value is -1.75.